The Balaban J connectivity index is 1.88. The molecule has 0 aromatic heterocycles. The molecule has 0 bridgehead atoms. The van der Waals surface area contributed by atoms with Crippen LogP contribution < -0.4 is 5.32 Å². The fraction of sp³-hybridized carbons (Fsp3) is 0.625. The molecule has 0 saturated carbocycles. The Morgan fingerprint density at radius 2 is 2.00 bits per heavy atom. The minimum absolute atomic E-state index is 0.577. The van der Waals surface area contributed by atoms with Crippen molar-refractivity contribution in [1.29, 1.82) is 0 Å². The average molecular weight is 244 g/mol. The number of hydrogen-bond donors (Lipinski definition) is 1. The standard InChI is InChI=1S/C16H24N2/c1-12-7-8-13(2)18(11-12)16-10-17-9-14-5-3-4-6-15(14)16/h3-6,12-13,16-17H,7-11H2,1-2H3. The molecule has 1 aromatic rings. The van der Waals surface area contributed by atoms with Gasteiger partial charge in [-0.2, -0.15) is 0 Å². The largest absolute Gasteiger partial charge is 0.311 e. The summed E-state index contributed by atoms with van der Waals surface area (Å²) in [6, 6.07) is 10.2. The fourth-order valence-electron chi connectivity index (χ4n) is 3.53. The molecule has 0 radical (unpaired) electrons. The van der Waals surface area contributed by atoms with Crippen LogP contribution in [0.15, 0.2) is 24.3 Å². The topological polar surface area (TPSA) is 15.3 Å². The van der Waals surface area contributed by atoms with Gasteiger partial charge in [-0.15, -0.1) is 0 Å². The van der Waals surface area contributed by atoms with Gasteiger partial charge in [0.2, 0.25) is 0 Å². The first-order valence-electron chi connectivity index (χ1n) is 7.30. The molecule has 2 aliphatic heterocycles. The third kappa shape index (κ3) is 2.19. The number of nitrogens with zero attached hydrogens (tertiary/aromatic N) is 1. The monoisotopic (exact) mass is 244 g/mol. The molecule has 1 N–H and O–H groups in total. The lowest BCUT2D eigenvalue weighted by Crippen LogP contribution is -2.48. The zero-order chi connectivity index (χ0) is 12.5. The number of hydrogen-bond acceptors (Lipinski definition) is 2. The Morgan fingerprint density at radius 3 is 2.89 bits per heavy atom. The van der Waals surface area contributed by atoms with E-state index in [9.17, 15) is 0 Å². The van der Waals surface area contributed by atoms with Crippen molar-refractivity contribution >= 4 is 0 Å². The molecule has 3 atom stereocenters. The minimum atomic E-state index is 0.577. The molecule has 0 spiro atoms. The van der Waals surface area contributed by atoms with Crippen LogP contribution in [0.4, 0.5) is 0 Å². The van der Waals surface area contributed by atoms with Crippen molar-refractivity contribution in [2.45, 2.75) is 45.3 Å². The van der Waals surface area contributed by atoms with Crippen LogP contribution in [0.3, 0.4) is 0 Å². The van der Waals surface area contributed by atoms with Gasteiger partial charge >= 0.3 is 0 Å². The number of rotatable bonds is 1. The normalized spacial score (nSPS) is 33.1. The maximum atomic E-state index is 3.58. The van der Waals surface area contributed by atoms with Crippen molar-refractivity contribution in [3.05, 3.63) is 35.4 Å². The Bertz CT molecular complexity index is 415. The van der Waals surface area contributed by atoms with E-state index in [1.165, 1.54) is 24.9 Å². The minimum Gasteiger partial charge on any atom is -0.311 e. The molecular formula is C16H24N2. The van der Waals surface area contributed by atoms with E-state index < -0.39 is 0 Å². The molecule has 2 nitrogen and oxygen atoms in total. The Morgan fingerprint density at radius 1 is 1.17 bits per heavy atom. The molecule has 0 amide bonds. The lowest BCUT2D eigenvalue weighted by molar-refractivity contribution is 0.0720. The number of piperidine rings is 1. The highest BCUT2D eigenvalue weighted by Crippen LogP contribution is 2.33. The van der Waals surface area contributed by atoms with Crippen LogP contribution in [0.1, 0.15) is 43.9 Å². The maximum absolute atomic E-state index is 3.58. The van der Waals surface area contributed by atoms with Gasteiger partial charge in [0.15, 0.2) is 0 Å². The molecule has 2 heterocycles. The summed E-state index contributed by atoms with van der Waals surface area (Å²) < 4.78 is 0. The first-order chi connectivity index (χ1) is 8.75. The summed E-state index contributed by atoms with van der Waals surface area (Å²) >= 11 is 0. The van der Waals surface area contributed by atoms with E-state index in [0.717, 1.165) is 25.0 Å². The zero-order valence-electron chi connectivity index (χ0n) is 11.5. The third-order valence-electron chi connectivity index (χ3n) is 4.63. The van der Waals surface area contributed by atoms with Gasteiger partial charge in [0, 0.05) is 31.7 Å². The number of benzene rings is 1. The molecule has 3 rings (SSSR count). The van der Waals surface area contributed by atoms with E-state index in [0.29, 0.717) is 6.04 Å². The summed E-state index contributed by atoms with van der Waals surface area (Å²) in [6.07, 6.45) is 2.74. The van der Waals surface area contributed by atoms with Crippen LogP contribution in [0.25, 0.3) is 0 Å². The molecular weight excluding hydrogens is 220 g/mol. The van der Waals surface area contributed by atoms with Gasteiger partial charge in [-0.1, -0.05) is 31.2 Å². The SMILES string of the molecule is CC1CCC(C)N(C2CNCc3ccccc32)C1. The van der Waals surface area contributed by atoms with E-state index in [1.807, 2.05) is 0 Å². The molecule has 1 fully saturated rings. The van der Waals surface area contributed by atoms with Gasteiger partial charge in [-0.05, 0) is 36.8 Å². The van der Waals surface area contributed by atoms with Crippen molar-refractivity contribution < 1.29 is 0 Å². The third-order valence-corrected chi connectivity index (χ3v) is 4.63. The van der Waals surface area contributed by atoms with Crippen LogP contribution >= 0.6 is 0 Å². The summed E-state index contributed by atoms with van der Waals surface area (Å²) in [6.45, 7) is 8.17. The van der Waals surface area contributed by atoms with Crippen LogP contribution in [-0.2, 0) is 6.54 Å². The van der Waals surface area contributed by atoms with Gasteiger partial charge in [0.1, 0.15) is 0 Å². The molecule has 3 unspecified atom stereocenters. The quantitative estimate of drug-likeness (QED) is 0.817. The molecule has 18 heavy (non-hydrogen) atoms. The molecule has 2 aliphatic rings. The predicted octanol–water partition coefficient (Wildman–Crippen LogP) is 2.95. The van der Waals surface area contributed by atoms with Crippen molar-refractivity contribution in [3.8, 4) is 0 Å². The lowest BCUT2D eigenvalue weighted by atomic mass is 9.89. The van der Waals surface area contributed by atoms with Crippen molar-refractivity contribution in [2.75, 3.05) is 13.1 Å². The van der Waals surface area contributed by atoms with E-state index in [4.69, 9.17) is 0 Å². The van der Waals surface area contributed by atoms with E-state index >= 15 is 0 Å². The van der Waals surface area contributed by atoms with Crippen LogP contribution in [0, 0.1) is 5.92 Å². The Kier molecular flexibility index (Phi) is 3.40. The average Bonchev–Trinajstić information content (AvgIpc) is 2.41. The van der Waals surface area contributed by atoms with Crippen LogP contribution in [0.5, 0.6) is 0 Å². The second kappa shape index (κ2) is 5.02. The second-order valence-corrected chi connectivity index (χ2v) is 6.07. The highest BCUT2D eigenvalue weighted by Gasteiger charge is 2.32. The van der Waals surface area contributed by atoms with Gasteiger partial charge in [0.05, 0.1) is 0 Å². The summed E-state index contributed by atoms with van der Waals surface area (Å²) in [5, 5.41) is 3.58. The Labute approximate surface area is 110 Å². The van der Waals surface area contributed by atoms with Gasteiger partial charge < -0.3 is 5.32 Å². The van der Waals surface area contributed by atoms with Crippen molar-refractivity contribution in [3.63, 3.8) is 0 Å². The first kappa shape index (κ1) is 12.2. The molecule has 0 aliphatic carbocycles. The number of likely N-dealkylation sites (tertiary alicyclic amines) is 1. The van der Waals surface area contributed by atoms with Crippen molar-refractivity contribution in [1.82, 2.24) is 10.2 Å². The van der Waals surface area contributed by atoms with Crippen molar-refractivity contribution in [2.24, 2.45) is 5.92 Å². The summed E-state index contributed by atoms with van der Waals surface area (Å²) in [5.74, 6) is 0.843. The second-order valence-electron chi connectivity index (χ2n) is 6.07. The summed E-state index contributed by atoms with van der Waals surface area (Å²) in [7, 11) is 0. The maximum Gasteiger partial charge on any atom is 0.0478 e. The lowest BCUT2D eigenvalue weighted by Gasteiger charge is -2.44. The smallest absolute Gasteiger partial charge is 0.0478 e. The molecule has 1 saturated heterocycles. The number of fused-ring (bicyclic) bond motifs is 1. The Hall–Kier alpha value is -0.860. The molecule has 2 heteroatoms. The molecule has 98 valence electrons. The van der Waals surface area contributed by atoms with Crippen LogP contribution in [0.2, 0.25) is 0 Å². The van der Waals surface area contributed by atoms with Gasteiger partial charge in [0.25, 0.3) is 0 Å². The predicted molar refractivity (Wildman–Crippen MR) is 75.5 cm³/mol. The van der Waals surface area contributed by atoms with E-state index in [1.54, 1.807) is 5.56 Å². The summed E-state index contributed by atoms with van der Waals surface area (Å²) in [4.78, 5) is 2.72. The van der Waals surface area contributed by atoms with Gasteiger partial charge in [-0.3, -0.25) is 4.90 Å². The molecule has 1 aromatic carbocycles. The highest BCUT2D eigenvalue weighted by molar-refractivity contribution is 5.32. The van der Waals surface area contributed by atoms with E-state index in [2.05, 4.69) is 48.3 Å². The number of nitrogens with one attached hydrogen (secondary N) is 1. The summed E-state index contributed by atoms with van der Waals surface area (Å²) in [5.41, 5.74) is 3.04. The van der Waals surface area contributed by atoms with Gasteiger partial charge in [-0.25, -0.2) is 0 Å². The zero-order valence-corrected chi connectivity index (χ0v) is 11.5. The first-order valence-corrected chi connectivity index (χ1v) is 7.30. The van der Waals surface area contributed by atoms with Crippen LogP contribution in [-0.4, -0.2) is 24.0 Å². The fourth-order valence-corrected chi connectivity index (χ4v) is 3.53. The highest BCUT2D eigenvalue weighted by atomic mass is 15.2. The van der Waals surface area contributed by atoms with E-state index in [-0.39, 0.29) is 0 Å².